The molecule has 2 aromatic carbocycles. The number of amides is 1. The van der Waals surface area contributed by atoms with Crippen LogP contribution in [0.15, 0.2) is 33.6 Å². The highest BCUT2D eigenvalue weighted by Gasteiger charge is 2.31. The number of methoxy groups -OCH3 is 1. The van der Waals surface area contributed by atoms with Gasteiger partial charge < -0.3 is 15.2 Å². The maximum Gasteiger partial charge on any atom is 0.265 e. The van der Waals surface area contributed by atoms with Crippen LogP contribution in [0.4, 0.5) is 10.1 Å². The minimum Gasteiger partial charge on any atom is -0.505 e. The smallest absolute Gasteiger partial charge is 0.265 e. The Bertz CT molecular complexity index is 1090. The lowest BCUT2D eigenvalue weighted by Gasteiger charge is -2.15. The average Bonchev–Trinajstić information content (AvgIpc) is 3.50. The largest absolute Gasteiger partial charge is 0.505 e. The molecule has 2 aromatic rings. The van der Waals surface area contributed by atoms with E-state index in [0.717, 1.165) is 18.9 Å². The topological polar surface area (TPSA) is 105 Å². The second-order valence-corrected chi connectivity index (χ2v) is 9.76. The van der Waals surface area contributed by atoms with Gasteiger partial charge in [0.2, 0.25) is 0 Å². The number of halogens is 3. The predicted octanol–water partition coefficient (Wildman–Crippen LogP) is 4.00. The van der Waals surface area contributed by atoms with Gasteiger partial charge in [0.15, 0.2) is 5.75 Å². The Morgan fingerprint density at radius 2 is 2.03 bits per heavy atom. The molecule has 0 aromatic heterocycles. The van der Waals surface area contributed by atoms with E-state index in [-0.39, 0.29) is 40.9 Å². The Morgan fingerprint density at radius 3 is 2.67 bits per heavy atom. The highest BCUT2D eigenvalue weighted by atomic mass is 79.9. The van der Waals surface area contributed by atoms with Crippen LogP contribution in [0.25, 0.3) is 0 Å². The first-order chi connectivity index (χ1) is 14.1. The SMILES string of the molecule is COCCNC(=O)c1cc(NS(=O)(=O)c2cc(Br)cc(Cl)c2O)cc(C2CC2)c1F. The van der Waals surface area contributed by atoms with E-state index in [1.54, 1.807) is 0 Å². The Morgan fingerprint density at radius 1 is 1.33 bits per heavy atom. The highest BCUT2D eigenvalue weighted by Crippen LogP contribution is 2.43. The van der Waals surface area contributed by atoms with Crippen LogP contribution < -0.4 is 10.0 Å². The van der Waals surface area contributed by atoms with Crippen LogP contribution in [0, 0.1) is 5.82 Å². The van der Waals surface area contributed by atoms with E-state index >= 15 is 0 Å². The standard InChI is InChI=1S/C19H19BrClFN2O5S/c1-29-5-4-23-19(26)14-9-12(8-13(17(14)22)10-2-3-10)24-30(27,28)16-7-11(20)6-15(21)18(16)25/h6-10,24-25H,2-5H2,1H3,(H,23,26). The number of benzene rings is 2. The van der Waals surface area contributed by atoms with E-state index in [4.69, 9.17) is 16.3 Å². The Labute approximate surface area is 186 Å². The summed E-state index contributed by atoms with van der Waals surface area (Å²) in [5.41, 5.74) is -0.000947. The minimum atomic E-state index is -4.28. The maximum absolute atomic E-state index is 14.9. The monoisotopic (exact) mass is 520 g/mol. The second kappa shape index (κ2) is 9.09. The highest BCUT2D eigenvalue weighted by molar-refractivity contribution is 9.10. The summed E-state index contributed by atoms with van der Waals surface area (Å²) in [7, 11) is -2.81. The lowest BCUT2D eigenvalue weighted by Crippen LogP contribution is -2.28. The van der Waals surface area contributed by atoms with Crippen molar-refractivity contribution in [1.29, 1.82) is 0 Å². The quantitative estimate of drug-likeness (QED) is 0.456. The second-order valence-electron chi connectivity index (χ2n) is 6.79. The van der Waals surface area contributed by atoms with Crippen molar-refractivity contribution < 1.29 is 27.4 Å². The lowest BCUT2D eigenvalue weighted by molar-refractivity contribution is 0.0933. The van der Waals surface area contributed by atoms with Gasteiger partial charge in [0.1, 0.15) is 10.7 Å². The van der Waals surface area contributed by atoms with Crippen molar-refractivity contribution in [3.8, 4) is 5.75 Å². The van der Waals surface area contributed by atoms with Crippen molar-refractivity contribution in [1.82, 2.24) is 5.32 Å². The van der Waals surface area contributed by atoms with Gasteiger partial charge in [-0.2, -0.15) is 0 Å². The van der Waals surface area contributed by atoms with Crippen LogP contribution in [0.1, 0.15) is 34.7 Å². The summed E-state index contributed by atoms with van der Waals surface area (Å²) in [6.45, 7) is 0.423. The molecule has 1 fully saturated rings. The van der Waals surface area contributed by atoms with Gasteiger partial charge in [-0.25, -0.2) is 12.8 Å². The molecule has 0 bridgehead atoms. The van der Waals surface area contributed by atoms with Crippen LogP contribution in [0.3, 0.4) is 0 Å². The van der Waals surface area contributed by atoms with E-state index in [0.29, 0.717) is 4.47 Å². The molecule has 1 amide bonds. The van der Waals surface area contributed by atoms with E-state index in [2.05, 4.69) is 26.0 Å². The number of carbonyl (C=O) groups is 1. The van der Waals surface area contributed by atoms with E-state index in [1.165, 1.54) is 25.3 Å². The Balaban J connectivity index is 1.98. The summed E-state index contributed by atoms with van der Waals surface area (Å²) in [5.74, 6) is -2.05. The zero-order chi connectivity index (χ0) is 22.1. The number of nitrogens with one attached hydrogen (secondary N) is 2. The number of sulfonamides is 1. The van der Waals surface area contributed by atoms with Crippen molar-refractivity contribution in [3.63, 3.8) is 0 Å². The molecule has 30 heavy (non-hydrogen) atoms. The summed E-state index contributed by atoms with van der Waals surface area (Å²) in [4.78, 5) is 12.0. The zero-order valence-corrected chi connectivity index (χ0v) is 19.0. The molecule has 0 aliphatic heterocycles. The normalized spacial score (nSPS) is 13.9. The molecule has 0 spiro atoms. The van der Waals surface area contributed by atoms with Gasteiger partial charge in [-0.05, 0) is 48.6 Å². The molecule has 1 aliphatic rings. The number of phenolic OH excluding ortho intramolecular Hbond substituents is 1. The molecule has 0 radical (unpaired) electrons. The predicted molar refractivity (Wildman–Crippen MR) is 114 cm³/mol. The number of ether oxygens (including phenoxy) is 1. The number of anilines is 1. The summed E-state index contributed by atoms with van der Waals surface area (Å²) in [6.07, 6.45) is 1.50. The number of aromatic hydroxyl groups is 1. The van der Waals surface area contributed by atoms with Crippen molar-refractivity contribution in [2.24, 2.45) is 0 Å². The maximum atomic E-state index is 14.9. The van der Waals surface area contributed by atoms with Crippen LogP contribution in [-0.4, -0.2) is 39.7 Å². The Hall–Kier alpha value is -1.88. The third-order valence-corrected chi connectivity index (χ3v) is 6.63. The summed E-state index contributed by atoms with van der Waals surface area (Å²) in [6, 6.07) is 5.03. The summed E-state index contributed by atoms with van der Waals surface area (Å²) < 4.78 is 48.1. The number of rotatable bonds is 8. The molecule has 0 heterocycles. The lowest BCUT2D eigenvalue weighted by atomic mass is 10.0. The molecule has 3 N–H and O–H groups in total. The fourth-order valence-corrected chi connectivity index (χ4v) is 5.08. The molecule has 162 valence electrons. The third-order valence-electron chi connectivity index (χ3n) is 4.49. The van der Waals surface area contributed by atoms with Crippen LogP contribution >= 0.6 is 27.5 Å². The summed E-state index contributed by atoms with van der Waals surface area (Å²) >= 11 is 9.00. The summed E-state index contributed by atoms with van der Waals surface area (Å²) in [5, 5.41) is 12.5. The first-order valence-electron chi connectivity index (χ1n) is 8.95. The molecule has 0 unspecified atom stereocenters. The number of hydrogen-bond acceptors (Lipinski definition) is 5. The molecule has 1 saturated carbocycles. The first-order valence-corrected chi connectivity index (χ1v) is 11.6. The first kappa shape index (κ1) is 22.8. The van der Waals surface area contributed by atoms with E-state index < -0.39 is 32.4 Å². The van der Waals surface area contributed by atoms with Crippen LogP contribution in [0.2, 0.25) is 5.02 Å². The molecular formula is C19H19BrClFN2O5S. The van der Waals surface area contributed by atoms with Gasteiger partial charge in [-0.3, -0.25) is 9.52 Å². The molecule has 0 atom stereocenters. The number of hydrogen-bond donors (Lipinski definition) is 3. The molecule has 11 heteroatoms. The molecular weight excluding hydrogens is 503 g/mol. The molecule has 0 saturated heterocycles. The molecule has 3 rings (SSSR count). The average molecular weight is 522 g/mol. The van der Waals surface area contributed by atoms with E-state index in [9.17, 15) is 22.7 Å². The van der Waals surface area contributed by atoms with Gasteiger partial charge >= 0.3 is 0 Å². The fourth-order valence-electron chi connectivity index (χ4n) is 2.88. The van der Waals surface area contributed by atoms with Crippen LogP contribution in [0.5, 0.6) is 5.75 Å². The van der Waals surface area contributed by atoms with E-state index in [1.807, 2.05) is 0 Å². The van der Waals surface area contributed by atoms with Crippen molar-refractivity contribution in [2.45, 2.75) is 23.7 Å². The zero-order valence-electron chi connectivity index (χ0n) is 15.8. The molecule has 7 nitrogen and oxygen atoms in total. The third kappa shape index (κ3) is 5.05. The number of phenols is 1. The van der Waals surface area contributed by atoms with Crippen LogP contribution in [-0.2, 0) is 14.8 Å². The Kier molecular flexibility index (Phi) is 6.91. The van der Waals surface area contributed by atoms with Gasteiger partial charge in [-0.15, -0.1) is 0 Å². The van der Waals surface area contributed by atoms with Crippen molar-refractivity contribution in [3.05, 3.63) is 50.7 Å². The fraction of sp³-hybridized carbons (Fsp3) is 0.316. The number of carbonyl (C=O) groups excluding carboxylic acids is 1. The van der Waals surface area contributed by atoms with Crippen molar-refractivity contribution in [2.75, 3.05) is 25.0 Å². The molecule has 1 aliphatic carbocycles. The van der Waals surface area contributed by atoms with Crippen molar-refractivity contribution >= 4 is 49.1 Å². The van der Waals surface area contributed by atoms with Gasteiger partial charge in [0.05, 0.1) is 22.9 Å². The van der Waals surface area contributed by atoms with Gasteiger partial charge in [0.25, 0.3) is 15.9 Å². The van der Waals surface area contributed by atoms with Gasteiger partial charge in [0, 0.05) is 18.1 Å². The van der Waals surface area contributed by atoms with Gasteiger partial charge in [-0.1, -0.05) is 27.5 Å². The minimum absolute atomic E-state index is 0.00527.